The number of aromatic nitrogens is 6. The fourth-order valence-electron chi connectivity index (χ4n) is 3.79. The average molecular weight is 448 g/mol. The van der Waals surface area contributed by atoms with Gasteiger partial charge in [-0.3, -0.25) is 0 Å². The van der Waals surface area contributed by atoms with E-state index in [0.717, 1.165) is 11.1 Å². The van der Waals surface area contributed by atoms with Crippen LogP contribution in [0, 0.1) is 5.82 Å². The Bertz CT molecular complexity index is 1510. The van der Waals surface area contributed by atoms with Gasteiger partial charge in [0.05, 0.1) is 6.20 Å². The molecule has 7 nitrogen and oxygen atoms in total. The van der Waals surface area contributed by atoms with E-state index >= 15 is 0 Å². The monoisotopic (exact) mass is 448 g/mol. The molecule has 1 aromatic carbocycles. The zero-order valence-corrected chi connectivity index (χ0v) is 18.9. The van der Waals surface area contributed by atoms with E-state index in [1.807, 2.05) is 25.3 Å². The van der Waals surface area contributed by atoms with E-state index in [0.29, 0.717) is 29.0 Å². The van der Waals surface area contributed by atoms with Crippen LogP contribution in [-0.4, -0.2) is 42.0 Å². The Labute approximate surface area is 184 Å². The van der Waals surface area contributed by atoms with Gasteiger partial charge in [-0.25, -0.2) is 9.37 Å². The Morgan fingerprint density at radius 2 is 2.00 bits per heavy atom. The number of fused-ring (bicyclic) bond motifs is 2. The van der Waals surface area contributed by atoms with Crippen LogP contribution in [0.25, 0.3) is 22.6 Å². The zero-order chi connectivity index (χ0) is 22.5. The number of rotatable bonds is 5. The van der Waals surface area contributed by atoms with Crippen molar-refractivity contribution in [3.63, 3.8) is 0 Å². The summed E-state index contributed by atoms with van der Waals surface area (Å²) in [7, 11) is -2.71. The molecule has 0 aliphatic rings. The molecule has 0 aliphatic heterocycles. The maximum atomic E-state index is 14.7. The van der Waals surface area contributed by atoms with Gasteiger partial charge in [0, 0.05) is 40.9 Å². The van der Waals surface area contributed by atoms with Gasteiger partial charge >= 0.3 is 0 Å². The number of hydrogen-bond donors (Lipinski definition) is 0. The van der Waals surface area contributed by atoms with E-state index in [1.54, 1.807) is 36.4 Å². The molecule has 0 fully saturated rings. The van der Waals surface area contributed by atoms with Gasteiger partial charge in [0.15, 0.2) is 5.82 Å². The van der Waals surface area contributed by atoms with Gasteiger partial charge in [0.25, 0.3) is 5.78 Å². The summed E-state index contributed by atoms with van der Waals surface area (Å²) < 4.78 is 31.0. The van der Waals surface area contributed by atoms with Gasteiger partial charge in [-0.2, -0.15) is 9.61 Å². The highest BCUT2D eigenvalue weighted by Gasteiger charge is 2.22. The van der Waals surface area contributed by atoms with Crippen LogP contribution in [0.3, 0.4) is 0 Å². The van der Waals surface area contributed by atoms with Gasteiger partial charge < -0.3 is 8.97 Å². The summed E-state index contributed by atoms with van der Waals surface area (Å²) in [6.07, 6.45) is 6.01. The molecule has 0 N–H and O–H groups in total. The number of nitrogens with zero attached hydrogens (tertiary/aromatic N) is 6. The second-order valence-corrected chi connectivity index (χ2v) is 11.3. The molecule has 4 aromatic heterocycles. The molecule has 0 amide bonds. The topological polar surface area (TPSA) is 77.5 Å². The van der Waals surface area contributed by atoms with Crippen molar-refractivity contribution in [2.45, 2.75) is 19.8 Å². The lowest BCUT2D eigenvalue weighted by Gasteiger charge is -2.13. The number of benzene rings is 1. The van der Waals surface area contributed by atoms with Crippen molar-refractivity contribution in [2.75, 3.05) is 12.8 Å². The van der Waals surface area contributed by atoms with Crippen molar-refractivity contribution in [3.05, 3.63) is 78.3 Å². The summed E-state index contributed by atoms with van der Waals surface area (Å²) in [6.45, 7) is 5.44. The fourth-order valence-corrected chi connectivity index (χ4v) is 5.04. The van der Waals surface area contributed by atoms with Gasteiger partial charge in [-0.15, -0.1) is 10.2 Å². The molecule has 5 aromatic rings. The maximum Gasteiger partial charge on any atom is 0.271 e. The van der Waals surface area contributed by atoms with E-state index in [2.05, 4.69) is 43.0 Å². The van der Waals surface area contributed by atoms with E-state index in [-0.39, 0.29) is 11.2 Å². The van der Waals surface area contributed by atoms with E-state index in [9.17, 15) is 8.96 Å². The van der Waals surface area contributed by atoms with Crippen molar-refractivity contribution in [2.24, 2.45) is 0 Å². The summed E-state index contributed by atoms with van der Waals surface area (Å²) in [4.78, 5) is 4.36. The molecule has 9 heteroatoms. The highest BCUT2D eigenvalue weighted by atomic mass is 31.2. The first-order valence-electron chi connectivity index (χ1n) is 10.4. The summed E-state index contributed by atoms with van der Waals surface area (Å²) in [5.74, 6) is 0.436. The van der Waals surface area contributed by atoms with E-state index in [4.69, 9.17) is 0 Å². The molecule has 0 saturated heterocycles. The lowest BCUT2D eigenvalue weighted by Crippen LogP contribution is -2.11. The second-order valence-electron chi connectivity index (χ2n) is 8.02. The number of pyridine rings is 1. The maximum absolute atomic E-state index is 14.7. The van der Waals surface area contributed by atoms with Crippen molar-refractivity contribution in [3.8, 4) is 11.3 Å². The van der Waals surface area contributed by atoms with Crippen LogP contribution in [0.2, 0.25) is 0 Å². The Morgan fingerprint density at radius 1 is 1.16 bits per heavy atom. The first kappa shape index (κ1) is 20.5. The normalized spacial score (nSPS) is 14.6. The third-order valence-electron chi connectivity index (χ3n) is 5.95. The molecular weight excluding hydrogens is 426 g/mol. The lowest BCUT2D eigenvalue weighted by molar-refractivity contribution is 0.582. The van der Waals surface area contributed by atoms with Crippen LogP contribution in [0.1, 0.15) is 31.2 Å². The van der Waals surface area contributed by atoms with Crippen LogP contribution >= 0.6 is 7.14 Å². The van der Waals surface area contributed by atoms with Gasteiger partial charge in [0.2, 0.25) is 0 Å². The largest absolute Gasteiger partial charge is 0.324 e. The average Bonchev–Trinajstić information content (AvgIpc) is 3.44. The molecule has 0 bridgehead atoms. The molecule has 0 saturated carbocycles. The van der Waals surface area contributed by atoms with Gasteiger partial charge in [-0.1, -0.05) is 26.0 Å². The first-order chi connectivity index (χ1) is 15.4. The minimum Gasteiger partial charge on any atom is -0.324 e. The van der Waals surface area contributed by atoms with Crippen LogP contribution in [-0.2, 0) is 4.57 Å². The standard InChI is InChI=1S/C23H22FN6OP/c1-4-32(3,31)21-10-8-16(12-19(21)24)20-13-25-23-27-26-22(30(23)28-20)15(2)17-7-9-18-6-5-11-29(18)14-17/h5-15H,4H2,1-3H3. The molecular formula is C23H22FN6OP. The third kappa shape index (κ3) is 3.41. The van der Waals surface area contributed by atoms with Crippen LogP contribution in [0.5, 0.6) is 0 Å². The van der Waals surface area contributed by atoms with Gasteiger partial charge in [-0.05, 0) is 42.6 Å². The van der Waals surface area contributed by atoms with Crippen LogP contribution in [0.4, 0.5) is 4.39 Å². The minimum absolute atomic E-state index is 0.0870. The molecule has 32 heavy (non-hydrogen) atoms. The smallest absolute Gasteiger partial charge is 0.271 e. The Hall–Kier alpha value is -3.38. The highest BCUT2D eigenvalue weighted by Crippen LogP contribution is 2.40. The summed E-state index contributed by atoms with van der Waals surface area (Å²) in [5.41, 5.74) is 3.21. The molecule has 0 aliphatic carbocycles. The van der Waals surface area contributed by atoms with E-state index in [1.165, 1.54) is 6.07 Å². The second kappa shape index (κ2) is 7.64. The molecule has 2 atom stereocenters. The van der Waals surface area contributed by atoms with Crippen molar-refractivity contribution < 1.29 is 8.96 Å². The minimum atomic E-state index is -2.71. The van der Waals surface area contributed by atoms with Crippen LogP contribution < -0.4 is 5.30 Å². The van der Waals surface area contributed by atoms with E-state index < -0.39 is 13.0 Å². The lowest BCUT2D eigenvalue weighted by atomic mass is 10.0. The SMILES string of the molecule is CCP(C)(=O)c1ccc(-c2cnc3nnc(C(C)c4ccc5cccn5c4)n3n2)cc1F. The van der Waals surface area contributed by atoms with Crippen molar-refractivity contribution >= 4 is 23.7 Å². The number of halogens is 1. The Kier molecular flexibility index (Phi) is 4.90. The Balaban J connectivity index is 1.55. The molecule has 4 heterocycles. The third-order valence-corrected chi connectivity index (χ3v) is 8.54. The Morgan fingerprint density at radius 3 is 2.78 bits per heavy atom. The summed E-state index contributed by atoms with van der Waals surface area (Å²) in [6, 6.07) is 12.8. The fraction of sp³-hybridized carbons (Fsp3) is 0.217. The predicted octanol–water partition coefficient (Wildman–Crippen LogP) is 4.37. The molecule has 5 rings (SSSR count). The predicted molar refractivity (Wildman–Crippen MR) is 123 cm³/mol. The zero-order valence-electron chi connectivity index (χ0n) is 18.0. The molecule has 162 valence electrons. The number of hydrogen-bond acceptors (Lipinski definition) is 5. The summed E-state index contributed by atoms with van der Waals surface area (Å²) in [5, 5.41) is 13.4. The van der Waals surface area contributed by atoms with Crippen LogP contribution in [0.15, 0.2) is 61.1 Å². The first-order valence-corrected chi connectivity index (χ1v) is 12.7. The van der Waals surface area contributed by atoms with Crippen molar-refractivity contribution in [1.82, 2.24) is 29.2 Å². The quantitative estimate of drug-likeness (QED) is 0.373. The molecule has 2 unspecified atom stereocenters. The summed E-state index contributed by atoms with van der Waals surface area (Å²) >= 11 is 0. The van der Waals surface area contributed by atoms with Crippen molar-refractivity contribution in [1.29, 1.82) is 0 Å². The molecule has 0 radical (unpaired) electrons. The molecule has 0 spiro atoms. The highest BCUT2D eigenvalue weighted by molar-refractivity contribution is 7.70. The van der Waals surface area contributed by atoms with Gasteiger partial charge in [0.1, 0.15) is 18.7 Å².